The van der Waals surface area contributed by atoms with E-state index in [0.717, 1.165) is 5.56 Å². The Labute approximate surface area is 156 Å². The third-order valence-corrected chi connectivity index (χ3v) is 3.99. The van der Waals surface area contributed by atoms with Gasteiger partial charge in [-0.15, -0.1) is 0 Å². The van der Waals surface area contributed by atoms with E-state index < -0.39 is 0 Å². The maximum Gasteiger partial charge on any atom is 0.257 e. The molecule has 0 saturated heterocycles. The first-order valence-electron chi connectivity index (χ1n) is 7.90. The van der Waals surface area contributed by atoms with Crippen LogP contribution in [0.3, 0.4) is 0 Å². The van der Waals surface area contributed by atoms with Crippen molar-refractivity contribution in [2.75, 3.05) is 10.6 Å². The summed E-state index contributed by atoms with van der Waals surface area (Å²) < 4.78 is 0. The van der Waals surface area contributed by atoms with Gasteiger partial charge >= 0.3 is 0 Å². The molecule has 6 heteroatoms. The van der Waals surface area contributed by atoms with E-state index in [2.05, 4.69) is 15.6 Å². The molecule has 0 aliphatic rings. The van der Waals surface area contributed by atoms with E-state index in [0.29, 0.717) is 34.1 Å². The van der Waals surface area contributed by atoms with Crippen molar-refractivity contribution in [1.29, 1.82) is 5.26 Å². The number of para-hydroxylation sites is 1. The normalized spacial score (nSPS) is 10.0. The third kappa shape index (κ3) is 4.18. The lowest BCUT2D eigenvalue weighted by Crippen LogP contribution is -2.15. The molecule has 2 N–H and O–H groups in total. The van der Waals surface area contributed by atoms with E-state index in [1.165, 1.54) is 6.07 Å². The van der Waals surface area contributed by atoms with E-state index >= 15 is 0 Å². The number of nitriles is 1. The van der Waals surface area contributed by atoms with Gasteiger partial charge in [-0.2, -0.15) is 5.26 Å². The monoisotopic (exact) mass is 362 g/mol. The second kappa shape index (κ2) is 8.15. The summed E-state index contributed by atoms with van der Waals surface area (Å²) in [6, 6.07) is 17.8. The first-order valence-corrected chi connectivity index (χ1v) is 8.28. The molecule has 128 valence electrons. The van der Waals surface area contributed by atoms with Crippen molar-refractivity contribution < 1.29 is 4.79 Å². The number of hydrogen-bond acceptors (Lipinski definition) is 4. The van der Waals surface area contributed by atoms with E-state index in [9.17, 15) is 10.1 Å². The average Bonchev–Trinajstić information content (AvgIpc) is 2.68. The number of carbonyl (C=O) groups excluding carboxylic acids is 1. The fourth-order valence-corrected chi connectivity index (χ4v) is 2.61. The van der Waals surface area contributed by atoms with E-state index in [-0.39, 0.29) is 5.91 Å². The molecule has 0 aliphatic heterocycles. The summed E-state index contributed by atoms with van der Waals surface area (Å²) in [7, 11) is 0. The van der Waals surface area contributed by atoms with Crippen molar-refractivity contribution >= 4 is 28.9 Å². The van der Waals surface area contributed by atoms with Crippen LogP contribution in [-0.2, 0) is 6.54 Å². The van der Waals surface area contributed by atoms with Gasteiger partial charge in [-0.05, 0) is 48.0 Å². The fraction of sp³-hybridized carbons (Fsp3) is 0.0500. The minimum atomic E-state index is -0.304. The molecule has 3 aromatic rings. The van der Waals surface area contributed by atoms with Gasteiger partial charge in [-0.3, -0.25) is 9.78 Å². The lowest BCUT2D eigenvalue weighted by molar-refractivity contribution is 0.102. The molecule has 0 spiro atoms. The van der Waals surface area contributed by atoms with Crippen molar-refractivity contribution in [2.45, 2.75) is 6.54 Å². The minimum absolute atomic E-state index is 0.304. The molecule has 5 nitrogen and oxygen atoms in total. The highest BCUT2D eigenvalue weighted by Gasteiger charge is 2.13. The van der Waals surface area contributed by atoms with Crippen LogP contribution in [0, 0.1) is 11.3 Å². The summed E-state index contributed by atoms with van der Waals surface area (Å²) in [4.78, 5) is 16.7. The van der Waals surface area contributed by atoms with Gasteiger partial charge in [-0.25, -0.2) is 0 Å². The fourth-order valence-electron chi connectivity index (χ4n) is 2.44. The maximum atomic E-state index is 12.7. The molecule has 26 heavy (non-hydrogen) atoms. The molecule has 1 aromatic heterocycles. The van der Waals surface area contributed by atoms with Crippen molar-refractivity contribution in [3.05, 3.63) is 88.7 Å². The van der Waals surface area contributed by atoms with Crippen LogP contribution in [0.4, 0.5) is 11.4 Å². The van der Waals surface area contributed by atoms with Crippen molar-refractivity contribution in [3.63, 3.8) is 0 Å². The largest absolute Gasteiger partial charge is 0.380 e. The Balaban J connectivity index is 1.79. The summed E-state index contributed by atoms with van der Waals surface area (Å²) in [6.45, 7) is 0.567. The number of anilines is 2. The van der Waals surface area contributed by atoms with Crippen LogP contribution in [0.25, 0.3) is 0 Å². The summed E-state index contributed by atoms with van der Waals surface area (Å²) in [6.07, 6.45) is 3.44. The SMILES string of the molecule is N#Cc1cc(Cl)ccc1NC(=O)c1ccccc1NCc1ccncc1. The number of halogens is 1. The van der Waals surface area contributed by atoms with Crippen LogP contribution >= 0.6 is 11.6 Å². The molecule has 0 saturated carbocycles. The first kappa shape index (κ1) is 17.5. The molecular weight excluding hydrogens is 348 g/mol. The van der Waals surface area contributed by atoms with Crippen molar-refractivity contribution in [2.24, 2.45) is 0 Å². The predicted octanol–water partition coefficient (Wildman–Crippen LogP) is 4.47. The second-order valence-corrected chi connectivity index (χ2v) is 5.95. The van der Waals surface area contributed by atoms with Crippen LogP contribution in [0.15, 0.2) is 67.0 Å². The average molecular weight is 363 g/mol. The molecular formula is C20H15ClN4O. The molecule has 0 fully saturated rings. The highest BCUT2D eigenvalue weighted by molar-refractivity contribution is 6.30. The molecule has 2 aromatic carbocycles. The summed E-state index contributed by atoms with van der Waals surface area (Å²) in [5, 5.41) is 15.7. The molecule has 3 rings (SSSR count). The summed E-state index contributed by atoms with van der Waals surface area (Å²) in [5.74, 6) is -0.304. The number of aromatic nitrogens is 1. The lowest BCUT2D eigenvalue weighted by atomic mass is 10.1. The Morgan fingerprint density at radius 1 is 1.08 bits per heavy atom. The Bertz CT molecular complexity index is 967. The van der Waals surface area contributed by atoms with Crippen LogP contribution in [0.5, 0.6) is 0 Å². The smallest absolute Gasteiger partial charge is 0.257 e. The van der Waals surface area contributed by atoms with Gasteiger partial charge in [0.15, 0.2) is 0 Å². The topological polar surface area (TPSA) is 77.8 Å². The van der Waals surface area contributed by atoms with E-state index in [4.69, 9.17) is 11.6 Å². The Hall–Kier alpha value is -3.36. The van der Waals surface area contributed by atoms with Crippen LogP contribution in [-0.4, -0.2) is 10.9 Å². The summed E-state index contributed by atoms with van der Waals surface area (Å²) in [5.41, 5.74) is 2.98. The number of nitrogens with one attached hydrogen (secondary N) is 2. The Morgan fingerprint density at radius 2 is 1.85 bits per heavy atom. The van der Waals surface area contributed by atoms with Gasteiger partial charge < -0.3 is 10.6 Å². The highest BCUT2D eigenvalue weighted by Crippen LogP contribution is 2.22. The Kier molecular flexibility index (Phi) is 5.47. The van der Waals surface area contributed by atoms with Gasteiger partial charge in [0.2, 0.25) is 0 Å². The number of amides is 1. The van der Waals surface area contributed by atoms with Crippen molar-refractivity contribution in [3.8, 4) is 6.07 Å². The zero-order valence-electron chi connectivity index (χ0n) is 13.7. The third-order valence-electron chi connectivity index (χ3n) is 3.75. The summed E-state index contributed by atoms with van der Waals surface area (Å²) >= 11 is 5.90. The molecule has 0 atom stereocenters. The maximum absolute atomic E-state index is 12.7. The number of rotatable bonds is 5. The number of nitrogens with zero attached hydrogens (tertiary/aromatic N) is 2. The van der Waals surface area contributed by atoms with E-state index in [1.54, 1.807) is 36.7 Å². The number of pyridine rings is 1. The molecule has 0 aliphatic carbocycles. The molecule has 0 radical (unpaired) electrons. The van der Waals surface area contributed by atoms with Gasteiger partial charge in [0.1, 0.15) is 6.07 Å². The number of hydrogen-bond donors (Lipinski definition) is 2. The first-order chi connectivity index (χ1) is 12.7. The molecule has 0 unspecified atom stereocenters. The van der Waals surface area contributed by atoms with Crippen LogP contribution in [0.2, 0.25) is 5.02 Å². The predicted molar refractivity (Wildman–Crippen MR) is 102 cm³/mol. The van der Waals surface area contributed by atoms with Crippen LogP contribution < -0.4 is 10.6 Å². The van der Waals surface area contributed by atoms with Crippen molar-refractivity contribution in [1.82, 2.24) is 4.98 Å². The van der Waals surface area contributed by atoms with Gasteiger partial charge in [-0.1, -0.05) is 23.7 Å². The number of carbonyl (C=O) groups is 1. The quantitative estimate of drug-likeness (QED) is 0.701. The minimum Gasteiger partial charge on any atom is -0.380 e. The van der Waals surface area contributed by atoms with Gasteiger partial charge in [0, 0.05) is 29.6 Å². The second-order valence-electron chi connectivity index (χ2n) is 5.51. The molecule has 0 bridgehead atoms. The highest BCUT2D eigenvalue weighted by atomic mass is 35.5. The zero-order chi connectivity index (χ0) is 18.4. The Morgan fingerprint density at radius 3 is 2.62 bits per heavy atom. The molecule has 1 amide bonds. The standard InChI is InChI=1S/C20H15ClN4O/c21-16-5-6-18(15(11-16)12-22)25-20(26)17-3-1-2-4-19(17)24-13-14-7-9-23-10-8-14/h1-11,24H,13H2,(H,25,26). The van der Waals surface area contributed by atoms with Gasteiger partial charge in [0.25, 0.3) is 5.91 Å². The lowest BCUT2D eigenvalue weighted by Gasteiger charge is -2.13. The number of benzene rings is 2. The van der Waals surface area contributed by atoms with Crippen LogP contribution in [0.1, 0.15) is 21.5 Å². The van der Waals surface area contributed by atoms with E-state index in [1.807, 2.05) is 30.3 Å². The zero-order valence-corrected chi connectivity index (χ0v) is 14.5. The molecule has 1 heterocycles. The van der Waals surface area contributed by atoms with Gasteiger partial charge in [0.05, 0.1) is 16.8 Å².